The quantitative estimate of drug-likeness (QED) is 0.715. The van der Waals surface area contributed by atoms with Gasteiger partial charge in [0.15, 0.2) is 0 Å². The van der Waals surface area contributed by atoms with Crippen LogP contribution in [0.4, 0.5) is 0 Å². The minimum Gasteiger partial charge on any atom is -0.426 e. The number of rotatable bonds is 7. The highest BCUT2D eigenvalue weighted by molar-refractivity contribution is 7.48. The molecule has 0 bridgehead atoms. The first-order chi connectivity index (χ1) is 8.53. The van der Waals surface area contributed by atoms with E-state index in [0.717, 1.165) is 0 Å². The summed E-state index contributed by atoms with van der Waals surface area (Å²) in [5.41, 5.74) is 0. The van der Waals surface area contributed by atoms with Crippen molar-refractivity contribution in [3.63, 3.8) is 0 Å². The zero-order valence-corrected chi connectivity index (χ0v) is 12.0. The Bertz CT molecular complexity index is 454. The first kappa shape index (κ1) is 15.2. The highest BCUT2D eigenvalue weighted by Gasteiger charge is 2.24. The van der Waals surface area contributed by atoms with Crippen LogP contribution >= 0.6 is 16.1 Å². The fourth-order valence-electron chi connectivity index (χ4n) is 1.01. The van der Waals surface area contributed by atoms with Crippen LogP contribution in [0.25, 0.3) is 0 Å². The van der Waals surface area contributed by atoms with Crippen molar-refractivity contribution < 1.29 is 31.7 Å². The zero-order chi connectivity index (χ0) is 13.6. The van der Waals surface area contributed by atoms with Crippen molar-refractivity contribution in [1.29, 1.82) is 0 Å². The van der Waals surface area contributed by atoms with Gasteiger partial charge in [-0.25, -0.2) is 9.13 Å². The van der Waals surface area contributed by atoms with E-state index in [1.165, 1.54) is 33.5 Å². The van der Waals surface area contributed by atoms with Crippen LogP contribution in [0.2, 0.25) is 0 Å². The van der Waals surface area contributed by atoms with Crippen LogP contribution in [0.1, 0.15) is 0 Å². The Morgan fingerprint density at radius 1 is 1.11 bits per heavy atom. The van der Waals surface area contributed by atoms with E-state index in [0.29, 0.717) is 0 Å². The normalized spacial score (nSPS) is 13.1. The maximum atomic E-state index is 11.7. The van der Waals surface area contributed by atoms with E-state index in [9.17, 15) is 9.13 Å². The first-order valence-electron chi connectivity index (χ1n) is 4.80. The molecular weight excluding hydrogens is 282 g/mol. The summed E-state index contributed by atoms with van der Waals surface area (Å²) in [6.45, 7) is 0. The second kappa shape index (κ2) is 6.92. The average molecular weight is 296 g/mol. The zero-order valence-electron chi connectivity index (χ0n) is 10.1. The second-order valence-corrected chi connectivity index (χ2v) is 5.85. The van der Waals surface area contributed by atoms with E-state index in [1.54, 1.807) is 12.1 Å². The van der Waals surface area contributed by atoms with Crippen LogP contribution in [0.3, 0.4) is 0 Å². The topological polar surface area (TPSA) is 80.3 Å². The lowest BCUT2D eigenvalue weighted by atomic mass is 10.3. The summed E-state index contributed by atoms with van der Waals surface area (Å²) in [6, 6.07) is 6.05. The Labute approximate surface area is 106 Å². The van der Waals surface area contributed by atoms with Crippen LogP contribution in [0.5, 0.6) is 11.5 Å². The van der Waals surface area contributed by atoms with Gasteiger partial charge in [0, 0.05) is 27.4 Å². The predicted molar refractivity (Wildman–Crippen MR) is 65.3 cm³/mol. The molecule has 0 radical (unpaired) electrons. The molecule has 1 aromatic carbocycles. The van der Waals surface area contributed by atoms with Crippen molar-refractivity contribution in [1.82, 2.24) is 0 Å². The van der Waals surface area contributed by atoms with Gasteiger partial charge >= 0.3 is 16.1 Å². The van der Waals surface area contributed by atoms with Crippen LogP contribution in [-0.2, 0) is 22.7 Å². The third-order valence-electron chi connectivity index (χ3n) is 1.84. The molecule has 102 valence electrons. The molecule has 0 saturated carbocycles. The smallest absolute Gasteiger partial charge is 0.426 e. The van der Waals surface area contributed by atoms with Crippen molar-refractivity contribution in [3.8, 4) is 11.5 Å². The van der Waals surface area contributed by atoms with Crippen LogP contribution < -0.4 is 9.05 Å². The van der Waals surface area contributed by atoms with Gasteiger partial charge in [0.05, 0.1) is 0 Å². The van der Waals surface area contributed by atoms with E-state index >= 15 is 0 Å². The van der Waals surface area contributed by atoms with E-state index in [-0.39, 0.29) is 11.5 Å². The van der Waals surface area contributed by atoms with Gasteiger partial charge in [-0.15, -0.1) is 0 Å². The molecule has 18 heavy (non-hydrogen) atoms. The Hall–Kier alpha value is -0.840. The van der Waals surface area contributed by atoms with Crippen molar-refractivity contribution in [2.45, 2.75) is 0 Å². The van der Waals surface area contributed by atoms with Gasteiger partial charge in [-0.3, -0.25) is 9.05 Å². The summed E-state index contributed by atoms with van der Waals surface area (Å²) < 4.78 is 46.6. The molecule has 7 nitrogen and oxygen atoms in total. The van der Waals surface area contributed by atoms with Crippen molar-refractivity contribution >= 4 is 16.1 Å². The highest BCUT2D eigenvalue weighted by atomic mass is 31.2. The van der Waals surface area contributed by atoms with Crippen molar-refractivity contribution in [2.24, 2.45) is 0 Å². The van der Waals surface area contributed by atoms with Gasteiger partial charge in [-0.05, 0) is 12.1 Å². The molecule has 0 aliphatic carbocycles. The molecule has 0 fully saturated rings. The monoisotopic (exact) mass is 296 g/mol. The molecule has 0 saturated heterocycles. The molecule has 0 heterocycles. The largest absolute Gasteiger partial charge is 0.529 e. The fourth-order valence-corrected chi connectivity index (χ4v) is 2.08. The maximum absolute atomic E-state index is 11.7. The molecule has 0 aliphatic rings. The van der Waals surface area contributed by atoms with Gasteiger partial charge < -0.3 is 13.6 Å². The van der Waals surface area contributed by atoms with Gasteiger partial charge in [0.2, 0.25) is 0 Å². The molecule has 0 N–H and O–H groups in total. The average Bonchev–Trinajstić information content (AvgIpc) is 2.38. The van der Waals surface area contributed by atoms with E-state index < -0.39 is 16.1 Å². The Morgan fingerprint density at radius 3 is 2.28 bits per heavy atom. The second-order valence-electron chi connectivity index (χ2n) is 2.93. The van der Waals surface area contributed by atoms with E-state index in [1.807, 2.05) is 0 Å². The number of hydrogen-bond donors (Lipinski definition) is 0. The molecule has 0 amide bonds. The summed E-state index contributed by atoms with van der Waals surface area (Å²) in [7, 11) is -2.53. The van der Waals surface area contributed by atoms with Gasteiger partial charge in [-0.1, -0.05) is 6.07 Å². The lowest BCUT2D eigenvalue weighted by Gasteiger charge is -2.14. The molecular formula is C9H14O7P2. The molecule has 9 heteroatoms. The third kappa shape index (κ3) is 4.44. The molecule has 1 atom stereocenters. The summed E-state index contributed by atoms with van der Waals surface area (Å²) >= 11 is 0. The number of phosphoric ester groups is 1. The molecule has 1 unspecified atom stereocenters. The number of benzene rings is 1. The van der Waals surface area contributed by atoms with Gasteiger partial charge in [0.25, 0.3) is 0 Å². The summed E-state index contributed by atoms with van der Waals surface area (Å²) in [4.78, 5) is 0. The minimum absolute atomic E-state index is 0.199. The lowest BCUT2D eigenvalue weighted by molar-refractivity contribution is 0.211. The molecule has 0 spiro atoms. The van der Waals surface area contributed by atoms with Crippen LogP contribution in [0, 0.1) is 0 Å². The van der Waals surface area contributed by atoms with Crippen LogP contribution in [-0.4, -0.2) is 21.3 Å². The lowest BCUT2D eigenvalue weighted by Crippen LogP contribution is -1.97. The highest BCUT2D eigenvalue weighted by Crippen LogP contribution is 2.48. The summed E-state index contributed by atoms with van der Waals surface area (Å²) in [5.74, 6) is 0.461. The van der Waals surface area contributed by atoms with Gasteiger partial charge in [-0.2, -0.15) is 0 Å². The Balaban J connectivity index is 2.82. The Morgan fingerprint density at radius 2 is 1.72 bits per heavy atom. The van der Waals surface area contributed by atoms with Gasteiger partial charge in [0.1, 0.15) is 11.5 Å². The summed E-state index contributed by atoms with van der Waals surface area (Å²) in [5, 5.41) is 0. The molecule has 1 aromatic rings. The minimum atomic E-state index is -3.62. The number of phosphoric acid groups is 1. The van der Waals surface area contributed by atoms with Crippen LogP contribution in [0.15, 0.2) is 24.3 Å². The Kier molecular flexibility index (Phi) is 5.85. The van der Waals surface area contributed by atoms with E-state index in [2.05, 4.69) is 13.6 Å². The molecule has 0 aliphatic heterocycles. The molecule has 0 aromatic heterocycles. The third-order valence-corrected chi connectivity index (χ3v) is 3.90. The SMILES string of the molecule is CO[PH](=O)Oc1cccc(OP(=O)(OC)OC)c1. The maximum Gasteiger partial charge on any atom is 0.529 e. The first-order valence-corrected chi connectivity index (χ1v) is 7.48. The molecule has 1 rings (SSSR count). The van der Waals surface area contributed by atoms with Crippen molar-refractivity contribution in [3.05, 3.63) is 24.3 Å². The van der Waals surface area contributed by atoms with Crippen molar-refractivity contribution in [2.75, 3.05) is 21.3 Å². The van der Waals surface area contributed by atoms with E-state index in [4.69, 9.17) is 9.05 Å². The fraction of sp³-hybridized carbons (Fsp3) is 0.333. The summed E-state index contributed by atoms with van der Waals surface area (Å²) in [6.07, 6.45) is 0. The predicted octanol–water partition coefficient (Wildman–Crippen LogP) is 2.88. The number of hydrogen-bond acceptors (Lipinski definition) is 7. The standard InChI is InChI=1S/C9H14O7P2/c1-12-17(10)15-8-5-4-6-9(7-8)16-18(11,13-2)14-3/h4-7,17H,1-3H3.